The summed E-state index contributed by atoms with van der Waals surface area (Å²) in [6.07, 6.45) is -8.38. The summed E-state index contributed by atoms with van der Waals surface area (Å²) >= 11 is 0. The molecule has 3 nitrogen and oxygen atoms in total. The van der Waals surface area contributed by atoms with Crippen LogP contribution in [0.5, 0.6) is 5.75 Å². The normalized spacial score (nSPS) is 13.1. The first-order valence-electron chi connectivity index (χ1n) is 4.77. The Bertz CT molecular complexity index is 361. The Morgan fingerprint density at radius 1 is 1.17 bits per heavy atom. The van der Waals surface area contributed by atoms with Crippen LogP contribution in [0.2, 0.25) is 0 Å². The van der Waals surface area contributed by atoms with Crippen molar-refractivity contribution in [1.29, 1.82) is 0 Å². The van der Waals surface area contributed by atoms with Crippen LogP contribution < -0.4 is 16.2 Å². The van der Waals surface area contributed by atoms with Crippen molar-refractivity contribution in [1.82, 2.24) is 0 Å². The van der Waals surface area contributed by atoms with Gasteiger partial charge in [-0.05, 0) is 17.7 Å². The maximum atomic E-state index is 12.5. The van der Waals surface area contributed by atoms with Crippen LogP contribution in [0.15, 0.2) is 24.3 Å². The van der Waals surface area contributed by atoms with Crippen LogP contribution in [-0.4, -0.2) is 19.1 Å². The number of halogens is 5. The van der Waals surface area contributed by atoms with Crippen LogP contribution in [0.3, 0.4) is 0 Å². The van der Waals surface area contributed by atoms with E-state index in [1.807, 2.05) is 0 Å². The fourth-order valence-corrected chi connectivity index (χ4v) is 1.12. The Hall–Kier alpha value is -1.05. The lowest BCUT2D eigenvalue weighted by Crippen LogP contribution is -2.33. The zero-order chi connectivity index (χ0) is 13.1. The molecule has 0 unspecified atom stereocenters. The number of hydrogen-bond acceptors (Lipinski definition) is 3. The maximum absolute atomic E-state index is 12.5. The van der Waals surface area contributed by atoms with Gasteiger partial charge in [0, 0.05) is 12.6 Å². The van der Waals surface area contributed by atoms with Gasteiger partial charge in [0.15, 0.2) is 0 Å². The van der Waals surface area contributed by atoms with Gasteiger partial charge in [0.05, 0.1) is 0 Å². The lowest BCUT2D eigenvalue weighted by molar-refractivity contribution is -0.253. The molecular weight excluding hydrogens is 276 g/mol. The first-order valence-corrected chi connectivity index (χ1v) is 4.77. The summed E-state index contributed by atoms with van der Waals surface area (Å²) in [5.41, 5.74) is 11.5. The van der Waals surface area contributed by atoms with E-state index in [0.29, 0.717) is 5.56 Å². The minimum Gasteiger partial charge on any atom is -0.428 e. The SMILES string of the molecule is Cl.NC[C@H](N)c1ccc(OC(F)(F)C(F)F)cc1. The summed E-state index contributed by atoms with van der Waals surface area (Å²) in [7, 11) is 0. The molecule has 0 aliphatic rings. The van der Waals surface area contributed by atoms with Crippen LogP contribution in [0.25, 0.3) is 0 Å². The van der Waals surface area contributed by atoms with Crippen LogP contribution in [0.4, 0.5) is 17.6 Å². The lowest BCUT2D eigenvalue weighted by atomic mass is 10.1. The molecule has 0 aliphatic heterocycles. The van der Waals surface area contributed by atoms with Gasteiger partial charge in [0.25, 0.3) is 0 Å². The first-order chi connectivity index (χ1) is 7.86. The average molecular weight is 289 g/mol. The van der Waals surface area contributed by atoms with E-state index in [4.69, 9.17) is 11.5 Å². The summed E-state index contributed by atoms with van der Waals surface area (Å²) in [4.78, 5) is 0. The van der Waals surface area contributed by atoms with E-state index in [2.05, 4.69) is 4.74 Å². The van der Waals surface area contributed by atoms with Gasteiger partial charge in [-0.15, -0.1) is 12.4 Å². The van der Waals surface area contributed by atoms with E-state index in [-0.39, 0.29) is 24.7 Å². The summed E-state index contributed by atoms with van der Waals surface area (Å²) < 4.78 is 52.7. The molecule has 4 N–H and O–H groups in total. The second-order valence-electron chi connectivity index (χ2n) is 3.38. The number of benzene rings is 1. The Morgan fingerprint density at radius 2 is 1.67 bits per heavy atom. The van der Waals surface area contributed by atoms with Crippen LogP contribution in [-0.2, 0) is 0 Å². The van der Waals surface area contributed by atoms with Crippen LogP contribution in [0.1, 0.15) is 11.6 Å². The molecule has 0 saturated carbocycles. The van der Waals surface area contributed by atoms with Crippen molar-refractivity contribution >= 4 is 12.4 Å². The molecule has 104 valence electrons. The number of hydrogen-bond donors (Lipinski definition) is 2. The van der Waals surface area contributed by atoms with E-state index in [1.54, 1.807) is 0 Å². The van der Waals surface area contributed by atoms with Crippen molar-refractivity contribution in [2.24, 2.45) is 11.5 Å². The van der Waals surface area contributed by atoms with E-state index >= 15 is 0 Å². The van der Waals surface area contributed by atoms with E-state index in [0.717, 1.165) is 12.1 Å². The van der Waals surface area contributed by atoms with Crippen molar-refractivity contribution in [3.05, 3.63) is 29.8 Å². The van der Waals surface area contributed by atoms with Crippen molar-refractivity contribution in [3.63, 3.8) is 0 Å². The molecule has 0 amide bonds. The molecule has 1 atom stereocenters. The first kappa shape index (κ1) is 16.9. The fraction of sp³-hybridized carbons (Fsp3) is 0.400. The van der Waals surface area contributed by atoms with E-state index in [9.17, 15) is 17.6 Å². The topological polar surface area (TPSA) is 61.3 Å². The third-order valence-corrected chi connectivity index (χ3v) is 2.07. The van der Waals surface area contributed by atoms with Gasteiger partial charge in [-0.25, -0.2) is 0 Å². The highest BCUT2D eigenvalue weighted by atomic mass is 35.5. The molecule has 0 aromatic heterocycles. The zero-order valence-electron chi connectivity index (χ0n) is 9.15. The Morgan fingerprint density at radius 3 is 2.06 bits per heavy atom. The number of ether oxygens (including phenoxy) is 1. The predicted molar refractivity (Wildman–Crippen MR) is 61.3 cm³/mol. The van der Waals surface area contributed by atoms with Crippen molar-refractivity contribution in [2.75, 3.05) is 6.54 Å². The predicted octanol–water partition coefficient (Wildman–Crippen LogP) is 2.30. The molecule has 1 aromatic rings. The van der Waals surface area contributed by atoms with Crippen molar-refractivity contribution in [3.8, 4) is 5.75 Å². The van der Waals surface area contributed by atoms with Gasteiger partial charge < -0.3 is 16.2 Å². The van der Waals surface area contributed by atoms with Gasteiger partial charge in [0.2, 0.25) is 0 Å². The highest BCUT2D eigenvalue weighted by Crippen LogP contribution is 2.27. The van der Waals surface area contributed by atoms with Gasteiger partial charge in [-0.3, -0.25) is 0 Å². The molecule has 18 heavy (non-hydrogen) atoms. The molecule has 1 rings (SSSR count). The molecule has 0 fully saturated rings. The molecule has 8 heteroatoms. The molecule has 0 heterocycles. The van der Waals surface area contributed by atoms with E-state index < -0.39 is 18.6 Å². The zero-order valence-corrected chi connectivity index (χ0v) is 9.97. The fourth-order valence-electron chi connectivity index (χ4n) is 1.12. The number of rotatable bonds is 5. The van der Waals surface area contributed by atoms with Gasteiger partial charge in [-0.1, -0.05) is 12.1 Å². The minimum absolute atomic E-state index is 0. The highest BCUT2D eigenvalue weighted by Gasteiger charge is 2.43. The smallest absolute Gasteiger partial charge is 0.428 e. The van der Waals surface area contributed by atoms with E-state index in [1.165, 1.54) is 12.1 Å². The van der Waals surface area contributed by atoms with Crippen molar-refractivity contribution < 1.29 is 22.3 Å². The quantitative estimate of drug-likeness (QED) is 0.817. The van der Waals surface area contributed by atoms with Gasteiger partial charge in [-0.2, -0.15) is 17.6 Å². The van der Waals surface area contributed by atoms with Gasteiger partial charge >= 0.3 is 12.5 Å². The molecule has 0 aliphatic carbocycles. The van der Waals surface area contributed by atoms with Crippen LogP contribution >= 0.6 is 12.4 Å². The average Bonchev–Trinajstić information content (AvgIpc) is 2.28. The number of nitrogens with two attached hydrogens (primary N) is 2. The third kappa shape index (κ3) is 4.32. The summed E-state index contributed by atoms with van der Waals surface area (Å²) in [5, 5.41) is 0. The van der Waals surface area contributed by atoms with Gasteiger partial charge in [0.1, 0.15) is 5.75 Å². The molecule has 0 saturated heterocycles. The standard InChI is InChI=1S/C10H12F4N2O.ClH/c11-9(12)10(13,14)17-7-3-1-6(2-4-7)8(16)5-15;/h1-4,8-9H,5,15-16H2;1H/t8-;/m0./s1. The Labute approximate surface area is 107 Å². The summed E-state index contributed by atoms with van der Waals surface area (Å²) in [6.45, 7) is 0.188. The Kier molecular flexibility index (Phi) is 6.37. The summed E-state index contributed by atoms with van der Waals surface area (Å²) in [5.74, 6) is -0.358. The molecular formula is C10H13ClF4N2O. The lowest BCUT2D eigenvalue weighted by Gasteiger charge is -2.17. The third-order valence-electron chi connectivity index (χ3n) is 2.07. The molecule has 0 radical (unpaired) electrons. The maximum Gasteiger partial charge on any atom is 0.461 e. The highest BCUT2D eigenvalue weighted by molar-refractivity contribution is 5.85. The second kappa shape index (κ2) is 6.77. The summed E-state index contributed by atoms with van der Waals surface area (Å²) in [6, 6.07) is 4.64. The minimum atomic E-state index is -4.50. The monoisotopic (exact) mass is 288 g/mol. The molecule has 1 aromatic carbocycles. The van der Waals surface area contributed by atoms with Crippen LogP contribution in [0, 0.1) is 0 Å². The number of alkyl halides is 4. The van der Waals surface area contributed by atoms with Crippen molar-refractivity contribution in [2.45, 2.75) is 18.6 Å². The largest absolute Gasteiger partial charge is 0.461 e. The second-order valence-corrected chi connectivity index (χ2v) is 3.38. The Balaban J connectivity index is 0.00000289. The molecule has 0 spiro atoms. The molecule has 0 bridgehead atoms.